The van der Waals surface area contributed by atoms with Crippen molar-refractivity contribution in [3.05, 3.63) is 52.2 Å². The van der Waals surface area contributed by atoms with Crippen LogP contribution in [-0.4, -0.2) is 37.6 Å². The number of nitrogens with zero attached hydrogens (tertiary/aromatic N) is 1. The molecule has 2 aromatic rings. The van der Waals surface area contributed by atoms with Gasteiger partial charge in [0.05, 0.1) is 13.2 Å². The molecule has 0 saturated carbocycles. The quantitative estimate of drug-likeness (QED) is 0.803. The van der Waals surface area contributed by atoms with Crippen molar-refractivity contribution < 1.29 is 9.53 Å². The molecule has 1 aromatic heterocycles. The van der Waals surface area contributed by atoms with Crippen LogP contribution in [0.2, 0.25) is 0 Å². The molecule has 0 aliphatic heterocycles. The Balaban J connectivity index is 2.15. The van der Waals surface area contributed by atoms with Crippen molar-refractivity contribution in [3.8, 4) is 5.75 Å². The number of amides is 1. The minimum Gasteiger partial charge on any atom is -0.497 e. The molecule has 1 N–H and O–H groups in total. The molecule has 1 atom stereocenters. The maximum atomic E-state index is 12.2. The molecule has 0 aliphatic carbocycles. The van der Waals surface area contributed by atoms with E-state index < -0.39 is 0 Å². The van der Waals surface area contributed by atoms with E-state index in [-0.39, 0.29) is 11.9 Å². The van der Waals surface area contributed by atoms with Gasteiger partial charge in [-0.1, -0.05) is 26.0 Å². The third-order valence-corrected chi connectivity index (χ3v) is 4.65. The summed E-state index contributed by atoms with van der Waals surface area (Å²) in [6, 6.07) is 10.0. The van der Waals surface area contributed by atoms with Gasteiger partial charge in [0.25, 0.3) is 5.91 Å². The number of likely N-dealkylation sites (N-methyl/N-ethyl adjacent to an activating group) is 1. The molecule has 2 rings (SSSR count). The highest BCUT2D eigenvalue weighted by Gasteiger charge is 2.19. The number of benzene rings is 1. The number of nitrogens with one attached hydrogen (secondary N) is 1. The number of carbonyl (C=O) groups excluding carboxylic acids is 1. The van der Waals surface area contributed by atoms with Crippen molar-refractivity contribution in [1.82, 2.24) is 10.2 Å². The average molecular weight is 332 g/mol. The van der Waals surface area contributed by atoms with E-state index in [1.807, 2.05) is 35.0 Å². The van der Waals surface area contributed by atoms with Crippen molar-refractivity contribution >= 4 is 17.2 Å². The van der Waals surface area contributed by atoms with Gasteiger partial charge in [-0.05, 0) is 42.2 Å². The third kappa shape index (κ3) is 4.56. The van der Waals surface area contributed by atoms with Gasteiger partial charge in [0, 0.05) is 17.5 Å². The monoisotopic (exact) mass is 332 g/mol. The molecular weight excluding hydrogens is 308 g/mol. The van der Waals surface area contributed by atoms with Gasteiger partial charge >= 0.3 is 0 Å². The van der Waals surface area contributed by atoms with Crippen LogP contribution >= 0.6 is 11.3 Å². The van der Waals surface area contributed by atoms with Crippen LogP contribution in [0.3, 0.4) is 0 Å². The summed E-state index contributed by atoms with van der Waals surface area (Å²) in [4.78, 5) is 14.6. The number of thiophene rings is 1. The Labute approximate surface area is 142 Å². The number of ether oxygens (including phenoxy) is 1. The van der Waals surface area contributed by atoms with Gasteiger partial charge in [-0.25, -0.2) is 0 Å². The van der Waals surface area contributed by atoms with Gasteiger partial charge < -0.3 is 10.1 Å². The maximum absolute atomic E-state index is 12.2. The summed E-state index contributed by atoms with van der Waals surface area (Å²) in [6.07, 6.45) is 0. The number of hydrogen-bond donors (Lipinski definition) is 1. The first-order chi connectivity index (χ1) is 11.2. The first kappa shape index (κ1) is 17.5. The SMILES string of the molecule is CCN(CC)[C@H](CNC(=O)c1ccsc1)c1cccc(OC)c1. The second kappa shape index (κ2) is 8.70. The van der Waals surface area contributed by atoms with Crippen LogP contribution in [0.4, 0.5) is 0 Å². The van der Waals surface area contributed by atoms with Gasteiger partial charge in [-0.3, -0.25) is 9.69 Å². The molecule has 0 unspecified atom stereocenters. The molecule has 5 heteroatoms. The number of methoxy groups -OCH3 is 1. The lowest BCUT2D eigenvalue weighted by atomic mass is 10.0. The predicted molar refractivity (Wildman–Crippen MR) is 95.3 cm³/mol. The molecule has 0 spiro atoms. The van der Waals surface area contributed by atoms with E-state index >= 15 is 0 Å². The Morgan fingerprint density at radius 3 is 2.70 bits per heavy atom. The van der Waals surface area contributed by atoms with E-state index in [9.17, 15) is 4.79 Å². The van der Waals surface area contributed by atoms with Gasteiger partial charge in [0.2, 0.25) is 0 Å². The van der Waals surface area contributed by atoms with Crippen LogP contribution < -0.4 is 10.1 Å². The molecule has 23 heavy (non-hydrogen) atoms. The minimum atomic E-state index is -0.0219. The lowest BCUT2D eigenvalue weighted by Gasteiger charge is -2.30. The molecule has 1 amide bonds. The first-order valence-corrected chi connectivity index (χ1v) is 8.82. The standard InChI is InChI=1S/C18H24N2O2S/c1-4-20(5-2)17(14-7-6-8-16(11-14)22-3)12-19-18(21)15-9-10-23-13-15/h6-11,13,17H,4-5,12H2,1-3H3,(H,19,21)/t17-/m1/s1. The molecule has 0 fully saturated rings. The minimum absolute atomic E-state index is 0.0219. The summed E-state index contributed by atoms with van der Waals surface area (Å²) in [6.45, 7) is 6.69. The van der Waals surface area contributed by atoms with Crippen LogP contribution in [0.5, 0.6) is 5.75 Å². The molecule has 1 heterocycles. The van der Waals surface area contributed by atoms with Gasteiger partial charge in [-0.15, -0.1) is 0 Å². The van der Waals surface area contributed by atoms with E-state index in [4.69, 9.17) is 4.74 Å². The lowest BCUT2D eigenvalue weighted by Crippen LogP contribution is -2.38. The zero-order valence-electron chi connectivity index (χ0n) is 13.9. The Morgan fingerprint density at radius 2 is 2.09 bits per heavy atom. The van der Waals surface area contributed by atoms with E-state index in [1.165, 1.54) is 11.3 Å². The average Bonchev–Trinajstić information content (AvgIpc) is 3.13. The van der Waals surface area contributed by atoms with Crippen LogP contribution in [0.15, 0.2) is 41.1 Å². The maximum Gasteiger partial charge on any atom is 0.252 e. The fourth-order valence-electron chi connectivity index (χ4n) is 2.66. The summed E-state index contributed by atoms with van der Waals surface area (Å²) in [5.41, 5.74) is 1.87. The summed E-state index contributed by atoms with van der Waals surface area (Å²) in [5.74, 6) is 0.815. The van der Waals surface area contributed by atoms with Crippen molar-refractivity contribution in [2.24, 2.45) is 0 Å². The largest absolute Gasteiger partial charge is 0.497 e. The summed E-state index contributed by atoms with van der Waals surface area (Å²) in [5, 5.41) is 6.84. The molecule has 0 aliphatic rings. The fraction of sp³-hybridized carbons (Fsp3) is 0.389. The van der Waals surface area contributed by atoms with E-state index in [1.54, 1.807) is 7.11 Å². The van der Waals surface area contributed by atoms with Gasteiger partial charge in [0.15, 0.2) is 0 Å². The molecule has 0 bridgehead atoms. The Hall–Kier alpha value is -1.85. The van der Waals surface area contributed by atoms with Crippen LogP contribution in [0, 0.1) is 0 Å². The van der Waals surface area contributed by atoms with Crippen molar-refractivity contribution in [2.75, 3.05) is 26.7 Å². The normalized spacial score (nSPS) is 12.2. The summed E-state index contributed by atoms with van der Waals surface area (Å²) in [7, 11) is 1.67. The van der Waals surface area contributed by atoms with Crippen LogP contribution in [-0.2, 0) is 0 Å². The lowest BCUT2D eigenvalue weighted by molar-refractivity contribution is 0.0935. The summed E-state index contributed by atoms with van der Waals surface area (Å²) < 4.78 is 5.33. The van der Waals surface area contributed by atoms with Crippen molar-refractivity contribution in [2.45, 2.75) is 19.9 Å². The number of hydrogen-bond acceptors (Lipinski definition) is 4. The van der Waals surface area contributed by atoms with E-state index in [0.717, 1.165) is 30.0 Å². The highest BCUT2D eigenvalue weighted by Crippen LogP contribution is 2.24. The highest BCUT2D eigenvalue weighted by atomic mass is 32.1. The molecular formula is C18H24N2O2S. The van der Waals surface area contributed by atoms with Crippen LogP contribution in [0.25, 0.3) is 0 Å². The molecule has 4 nitrogen and oxygen atoms in total. The van der Waals surface area contributed by atoms with E-state index in [2.05, 4.69) is 30.1 Å². The zero-order chi connectivity index (χ0) is 16.7. The summed E-state index contributed by atoms with van der Waals surface area (Å²) >= 11 is 1.53. The fourth-order valence-corrected chi connectivity index (χ4v) is 3.29. The van der Waals surface area contributed by atoms with Gasteiger partial charge in [0.1, 0.15) is 5.75 Å². The topological polar surface area (TPSA) is 41.6 Å². The van der Waals surface area contributed by atoms with E-state index in [0.29, 0.717) is 6.54 Å². The second-order valence-electron chi connectivity index (χ2n) is 5.24. The Morgan fingerprint density at radius 1 is 1.30 bits per heavy atom. The molecule has 1 aromatic carbocycles. The predicted octanol–water partition coefficient (Wildman–Crippen LogP) is 3.57. The molecule has 124 valence electrons. The molecule has 0 saturated heterocycles. The van der Waals surface area contributed by atoms with Crippen LogP contribution in [0.1, 0.15) is 35.8 Å². The van der Waals surface area contributed by atoms with Crippen molar-refractivity contribution in [1.29, 1.82) is 0 Å². The highest BCUT2D eigenvalue weighted by molar-refractivity contribution is 7.08. The Bertz CT molecular complexity index is 609. The third-order valence-electron chi connectivity index (χ3n) is 3.97. The molecule has 0 radical (unpaired) electrons. The van der Waals surface area contributed by atoms with Gasteiger partial charge in [-0.2, -0.15) is 11.3 Å². The second-order valence-corrected chi connectivity index (χ2v) is 6.02. The number of rotatable bonds is 8. The smallest absolute Gasteiger partial charge is 0.252 e. The Kier molecular flexibility index (Phi) is 6.62. The van der Waals surface area contributed by atoms with Crippen molar-refractivity contribution in [3.63, 3.8) is 0 Å². The first-order valence-electron chi connectivity index (χ1n) is 7.88. The zero-order valence-corrected chi connectivity index (χ0v) is 14.7. The number of carbonyl (C=O) groups is 1.